The second-order valence-electron chi connectivity index (χ2n) is 4.26. The number of nitrogens with one attached hydrogen (secondary N) is 1. The molecule has 0 radical (unpaired) electrons. The van der Waals surface area contributed by atoms with Crippen molar-refractivity contribution in [2.45, 2.75) is 13.3 Å². The number of amides is 1. The summed E-state index contributed by atoms with van der Waals surface area (Å²) >= 11 is 0. The number of hydrogen-bond donors (Lipinski definition) is 1. The van der Waals surface area contributed by atoms with Crippen molar-refractivity contribution >= 4 is 21.6 Å². The van der Waals surface area contributed by atoms with Crippen molar-refractivity contribution in [3.63, 3.8) is 0 Å². The molecule has 0 aliphatic rings. The van der Waals surface area contributed by atoms with Gasteiger partial charge in [0.2, 0.25) is 15.9 Å². The Hall–Kier alpha value is -1.40. The summed E-state index contributed by atoms with van der Waals surface area (Å²) in [5, 5.41) is 2.66. The minimum atomic E-state index is -3.32. The lowest BCUT2D eigenvalue weighted by Crippen LogP contribution is -2.27. The Labute approximate surface area is 108 Å². The number of hydrogen-bond acceptors (Lipinski definition) is 3. The quantitative estimate of drug-likeness (QED) is 0.874. The number of rotatable bonds is 5. The van der Waals surface area contributed by atoms with E-state index in [1.54, 1.807) is 12.1 Å². The molecule has 5 nitrogen and oxygen atoms in total. The molecule has 0 aliphatic heterocycles. The van der Waals surface area contributed by atoms with Gasteiger partial charge in [0.25, 0.3) is 0 Å². The van der Waals surface area contributed by atoms with Gasteiger partial charge in [0, 0.05) is 26.2 Å². The zero-order valence-electron chi connectivity index (χ0n) is 10.8. The minimum absolute atomic E-state index is 0.0472. The van der Waals surface area contributed by atoms with E-state index >= 15 is 0 Å². The number of benzene rings is 1. The number of carbonyl (C=O) groups is 1. The summed E-state index contributed by atoms with van der Waals surface area (Å²) in [6.07, 6.45) is -0.0472. The van der Waals surface area contributed by atoms with Gasteiger partial charge >= 0.3 is 0 Å². The van der Waals surface area contributed by atoms with Gasteiger partial charge in [0.15, 0.2) is 0 Å². The molecule has 0 heterocycles. The molecule has 0 fully saturated rings. The fourth-order valence-electron chi connectivity index (χ4n) is 1.26. The van der Waals surface area contributed by atoms with Crippen LogP contribution in [-0.2, 0) is 14.8 Å². The first kappa shape index (κ1) is 14.7. The summed E-state index contributed by atoms with van der Waals surface area (Å²) in [5.41, 5.74) is 1.77. The molecule has 0 aromatic heterocycles. The molecule has 100 valence electrons. The molecule has 0 bridgehead atoms. The van der Waals surface area contributed by atoms with Crippen molar-refractivity contribution in [2.75, 3.05) is 25.2 Å². The Morgan fingerprint density at radius 1 is 1.22 bits per heavy atom. The molecule has 0 aliphatic carbocycles. The van der Waals surface area contributed by atoms with Crippen molar-refractivity contribution in [3.8, 4) is 0 Å². The average Bonchev–Trinajstić information content (AvgIpc) is 2.29. The van der Waals surface area contributed by atoms with Crippen molar-refractivity contribution in [3.05, 3.63) is 29.8 Å². The predicted octanol–water partition coefficient (Wildman–Crippen LogP) is 1.22. The highest BCUT2D eigenvalue weighted by molar-refractivity contribution is 7.89. The van der Waals surface area contributed by atoms with E-state index < -0.39 is 10.0 Å². The van der Waals surface area contributed by atoms with Gasteiger partial charge in [-0.1, -0.05) is 17.7 Å². The van der Waals surface area contributed by atoms with Crippen LogP contribution in [0.2, 0.25) is 0 Å². The molecule has 1 amide bonds. The molecule has 0 saturated carbocycles. The van der Waals surface area contributed by atoms with E-state index in [2.05, 4.69) is 5.32 Å². The van der Waals surface area contributed by atoms with Crippen LogP contribution in [0.4, 0.5) is 5.69 Å². The van der Waals surface area contributed by atoms with Crippen LogP contribution in [0.25, 0.3) is 0 Å². The van der Waals surface area contributed by atoms with Gasteiger partial charge in [-0.05, 0) is 19.1 Å². The standard InChI is InChI=1S/C12H18N2O3S/c1-10-4-6-11(7-5-10)13-12(15)8-9-18(16,17)14(2)3/h4-7H,8-9H2,1-3H3,(H,13,15). The Morgan fingerprint density at radius 3 is 2.28 bits per heavy atom. The molecule has 0 spiro atoms. The van der Waals surface area contributed by atoms with E-state index in [4.69, 9.17) is 0 Å². The molecule has 1 N–H and O–H groups in total. The summed E-state index contributed by atoms with van der Waals surface area (Å²) in [5.74, 6) is -0.484. The van der Waals surface area contributed by atoms with Crippen LogP contribution in [0.15, 0.2) is 24.3 Å². The van der Waals surface area contributed by atoms with Crippen molar-refractivity contribution in [1.82, 2.24) is 4.31 Å². The topological polar surface area (TPSA) is 66.5 Å². The van der Waals surface area contributed by atoms with E-state index in [1.807, 2.05) is 19.1 Å². The van der Waals surface area contributed by atoms with Gasteiger partial charge in [-0.3, -0.25) is 4.79 Å². The largest absolute Gasteiger partial charge is 0.326 e. The second-order valence-corrected chi connectivity index (χ2v) is 6.56. The molecule has 1 rings (SSSR count). The van der Waals surface area contributed by atoms with Gasteiger partial charge in [-0.15, -0.1) is 0 Å². The van der Waals surface area contributed by atoms with Crippen LogP contribution in [0.1, 0.15) is 12.0 Å². The van der Waals surface area contributed by atoms with Crippen LogP contribution in [0, 0.1) is 6.92 Å². The lowest BCUT2D eigenvalue weighted by molar-refractivity contribution is -0.115. The van der Waals surface area contributed by atoms with E-state index in [9.17, 15) is 13.2 Å². The zero-order chi connectivity index (χ0) is 13.8. The van der Waals surface area contributed by atoms with E-state index in [0.29, 0.717) is 5.69 Å². The third kappa shape index (κ3) is 4.46. The fraction of sp³-hybridized carbons (Fsp3) is 0.417. The number of anilines is 1. The number of nitrogens with zero attached hydrogens (tertiary/aromatic N) is 1. The van der Waals surface area contributed by atoms with Crippen molar-refractivity contribution in [1.29, 1.82) is 0 Å². The zero-order valence-corrected chi connectivity index (χ0v) is 11.6. The second kappa shape index (κ2) is 5.97. The number of sulfonamides is 1. The van der Waals surface area contributed by atoms with Crippen LogP contribution < -0.4 is 5.32 Å². The fourth-order valence-corrected chi connectivity index (χ4v) is 2.07. The van der Waals surface area contributed by atoms with Gasteiger partial charge in [0.1, 0.15) is 0 Å². The predicted molar refractivity (Wildman–Crippen MR) is 71.9 cm³/mol. The van der Waals surface area contributed by atoms with Crippen LogP contribution in [0.5, 0.6) is 0 Å². The van der Waals surface area contributed by atoms with Crippen LogP contribution >= 0.6 is 0 Å². The molecule has 0 saturated heterocycles. The first-order valence-electron chi connectivity index (χ1n) is 5.58. The van der Waals surface area contributed by atoms with Crippen LogP contribution in [-0.4, -0.2) is 38.5 Å². The molecule has 18 heavy (non-hydrogen) atoms. The molecule has 0 atom stereocenters. The molecule has 1 aromatic carbocycles. The maximum atomic E-state index is 11.6. The molecular weight excluding hydrogens is 252 g/mol. The first-order valence-corrected chi connectivity index (χ1v) is 7.19. The SMILES string of the molecule is Cc1ccc(NC(=O)CCS(=O)(=O)N(C)C)cc1. The smallest absolute Gasteiger partial charge is 0.225 e. The highest BCUT2D eigenvalue weighted by Crippen LogP contribution is 2.09. The first-order chi connectivity index (χ1) is 8.31. The van der Waals surface area contributed by atoms with E-state index in [1.165, 1.54) is 14.1 Å². The highest BCUT2D eigenvalue weighted by atomic mass is 32.2. The van der Waals surface area contributed by atoms with Gasteiger partial charge in [-0.2, -0.15) is 0 Å². The third-order valence-electron chi connectivity index (χ3n) is 2.48. The minimum Gasteiger partial charge on any atom is -0.326 e. The Bertz CT molecular complexity index is 507. The lowest BCUT2D eigenvalue weighted by atomic mass is 10.2. The van der Waals surface area contributed by atoms with E-state index in [0.717, 1.165) is 9.87 Å². The molecule has 1 aromatic rings. The average molecular weight is 270 g/mol. The summed E-state index contributed by atoms with van der Waals surface area (Å²) < 4.78 is 24.1. The van der Waals surface area contributed by atoms with Crippen molar-refractivity contribution < 1.29 is 13.2 Å². The summed E-state index contributed by atoms with van der Waals surface area (Å²) in [7, 11) is -0.417. The van der Waals surface area contributed by atoms with Crippen molar-refractivity contribution in [2.24, 2.45) is 0 Å². The Kier molecular flexibility index (Phi) is 4.86. The Balaban J connectivity index is 2.50. The lowest BCUT2D eigenvalue weighted by Gasteiger charge is -2.11. The molecular formula is C12H18N2O3S. The third-order valence-corrected chi connectivity index (χ3v) is 4.31. The highest BCUT2D eigenvalue weighted by Gasteiger charge is 2.15. The normalized spacial score (nSPS) is 11.6. The summed E-state index contributed by atoms with van der Waals surface area (Å²) in [4.78, 5) is 11.6. The monoisotopic (exact) mass is 270 g/mol. The number of carbonyl (C=O) groups excluding carboxylic acids is 1. The Morgan fingerprint density at radius 2 is 1.78 bits per heavy atom. The summed E-state index contributed by atoms with van der Waals surface area (Å²) in [6.45, 7) is 1.95. The molecule has 6 heteroatoms. The molecule has 0 unspecified atom stereocenters. The maximum absolute atomic E-state index is 11.6. The number of aryl methyl sites for hydroxylation is 1. The van der Waals surface area contributed by atoms with Gasteiger partial charge in [0.05, 0.1) is 5.75 Å². The van der Waals surface area contributed by atoms with Gasteiger partial charge in [-0.25, -0.2) is 12.7 Å². The van der Waals surface area contributed by atoms with Crippen LogP contribution in [0.3, 0.4) is 0 Å². The summed E-state index contributed by atoms with van der Waals surface area (Å²) in [6, 6.07) is 7.33. The maximum Gasteiger partial charge on any atom is 0.225 e. The van der Waals surface area contributed by atoms with E-state index in [-0.39, 0.29) is 18.1 Å². The van der Waals surface area contributed by atoms with Gasteiger partial charge < -0.3 is 5.32 Å².